The predicted octanol–water partition coefficient (Wildman–Crippen LogP) is 3.35. The summed E-state index contributed by atoms with van der Waals surface area (Å²) in [6.45, 7) is 1.18. The van der Waals surface area contributed by atoms with Gasteiger partial charge in [0.1, 0.15) is 18.1 Å². The first-order valence-electron chi connectivity index (χ1n) is 9.39. The van der Waals surface area contributed by atoms with Crippen molar-refractivity contribution < 1.29 is 18.7 Å². The van der Waals surface area contributed by atoms with Crippen LogP contribution < -0.4 is 10.5 Å². The van der Waals surface area contributed by atoms with Crippen LogP contribution in [0.1, 0.15) is 29.2 Å². The van der Waals surface area contributed by atoms with Crippen LogP contribution in [0, 0.1) is 5.92 Å². The molecule has 1 fully saturated rings. The van der Waals surface area contributed by atoms with Gasteiger partial charge in [-0.1, -0.05) is 30.3 Å². The summed E-state index contributed by atoms with van der Waals surface area (Å²) in [5.41, 5.74) is 5.38. The molecule has 3 aromatic rings. The van der Waals surface area contributed by atoms with E-state index in [2.05, 4.69) is 0 Å². The highest BCUT2D eigenvalue weighted by Crippen LogP contribution is 2.23. The number of benzene rings is 2. The van der Waals surface area contributed by atoms with E-state index in [1.54, 1.807) is 17.0 Å². The molecule has 1 saturated heterocycles. The van der Waals surface area contributed by atoms with Crippen LogP contribution in [0.4, 0.5) is 0 Å². The number of likely N-dealkylation sites (tertiary alicyclic amines) is 1. The maximum atomic E-state index is 12.6. The first-order valence-corrected chi connectivity index (χ1v) is 9.39. The second-order valence-corrected chi connectivity index (χ2v) is 7.06. The van der Waals surface area contributed by atoms with Gasteiger partial charge >= 0.3 is 0 Å². The molecule has 0 saturated carbocycles. The van der Waals surface area contributed by atoms with Crippen LogP contribution in [0.3, 0.4) is 0 Å². The van der Waals surface area contributed by atoms with Gasteiger partial charge in [0.2, 0.25) is 5.91 Å². The molecule has 144 valence electrons. The molecule has 2 N–H and O–H groups in total. The van der Waals surface area contributed by atoms with Gasteiger partial charge in [0.05, 0.1) is 5.92 Å². The molecular formula is C22H22N2O4. The van der Waals surface area contributed by atoms with E-state index in [9.17, 15) is 9.59 Å². The number of primary amides is 1. The summed E-state index contributed by atoms with van der Waals surface area (Å²) in [7, 11) is 0. The average molecular weight is 378 g/mol. The second-order valence-electron chi connectivity index (χ2n) is 7.06. The summed E-state index contributed by atoms with van der Waals surface area (Å²) < 4.78 is 11.5. The highest BCUT2D eigenvalue weighted by molar-refractivity contribution is 5.92. The van der Waals surface area contributed by atoms with Gasteiger partial charge in [0, 0.05) is 13.1 Å². The number of nitrogens with two attached hydrogens (primary N) is 1. The van der Waals surface area contributed by atoms with E-state index in [1.807, 2.05) is 42.5 Å². The van der Waals surface area contributed by atoms with Crippen LogP contribution in [0.25, 0.3) is 10.8 Å². The zero-order valence-electron chi connectivity index (χ0n) is 15.5. The van der Waals surface area contributed by atoms with E-state index in [-0.39, 0.29) is 30.1 Å². The van der Waals surface area contributed by atoms with Crippen LogP contribution in [0.15, 0.2) is 59.0 Å². The van der Waals surface area contributed by atoms with Gasteiger partial charge in [-0.15, -0.1) is 0 Å². The van der Waals surface area contributed by atoms with E-state index < -0.39 is 0 Å². The van der Waals surface area contributed by atoms with Gasteiger partial charge in [-0.3, -0.25) is 9.59 Å². The van der Waals surface area contributed by atoms with Crippen molar-refractivity contribution in [3.63, 3.8) is 0 Å². The van der Waals surface area contributed by atoms with E-state index in [1.165, 1.54) is 0 Å². The molecule has 4 rings (SSSR count). The SMILES string of the molecule is NC(=O)C1CCCN(C(=O)c2ccc(COc3ccc4ccccc4c3)o2)C1. The van der Waals surface area contributed by atoms with Crippen LogP contribution in [0.2, 0.25) is 0 Å². The first-order chi connectivity index (χ1) is 13.6. The van der Waals surface area contributed by atoms with E-state index in [0.29, 0.717) is 18.8 Å². The van der Waals surface area contributed by atoms with Crippen molar-refractivity contribution in [2.75, 3.05) is 13.1 Å². The number of hydrogen-bond donors (Lipinski definition) is 1. The lowest BCUT2D eigenvalue weighted by Crippen LogP contribution is -2.44. The lowest BCUT2D eigenvalue weighted by Gasteiger charge is -2.30. The Bertz CT molecular complexity index is 1010. The minimum atomic E-state index is -0.360. The summed E-state index contributed by atoms with van der Waals surface area (Å²) in [4.78, 5) is 25.7. The lowest BCUT2D eigenvalue weighted by atomic mass is 9.97. The van der Waals surface area contributed by atoms with Crippen molar-refractivity contribution in [2.24, 2.45) is 11.7 Å². The molecule has 6 heteroatoms. The third kappa shape index (κ3) is 3.86. The number of carbonyl (C=O) groups excluding carboxylic acids is 2. The molecule has 1 aliphatic rings. The second kappa shape index (κ2) is 7.76. The van der Waals surface area contributed by atoms with Crippen molar-refractivity contribution in [1.82, 2.24) is 4.90 Å². The van der Waals surface area contributed by atoms with Crippen LogP contribution in [-0.2, 0) is 11.4 Å². The molecule has 2 heterocycles. The molecule has 1 unspecified atom stereocenters. The summed E-state index contributed by atoms with van der Waals surface area (Å²) in [6, 6.07) is 17.3. The largest absolute Gasteiger partial charge is 0.486 e. The average Bonchev–Trinajstić information content (AvgIpc) is 3.20. The van der Waals surface area contributed by atoms with Gasteiger partial charge in [0.25, 0.3) is 5.91 Å². The summed E-state index contributed by atoms with van der Waals surface area (Å²) in [6.07, 6.45) is 1.49. The van der Waals surface area contributed by atoms with Crippen molar-refractivity contribution in [3.8, 4) is 5.75 Å². The van der Waals surface area contributed by atoms with Crippen molar-refractivity contribution in [3.05, 3.63) is 66.1 Å². The Morgan fingerprint density at radius 3 is 2.75 bits per heavy atom. The van der Waals surface area contributed by atoms with Gasteiger partial charge in [0.15, 0.2) is 5.76 Å². The minimum Gasteiger partial charge on any atom is -0.486 e. The molecule has 0 aliphatic carbocycles. The Labute approximate surface area is 162 Å². The zero-order chi connectivity index (χ0) is 19.5. The molecular weight excluding hydrogens is 356 g/mol. The molecule has 0 bridgehead atoms. The van der Waals surface area contributed by atoms with Gasteiger partial charge in [-0.05, 0) is 47.9 Å². The molecule has 0 radical (unpaired) electrons. The Hall–Kier alpha value is -3.28. The Morgan fingerprint density at radius 2 is 1.93 bits per heavy atom. The number of nitrogens with zero attached hydrogens (tertiary/aromatic N) is 1. The van der Waals surface area contributed by atoms with Crippen LogP contribution >= 0.6 is 0 Å². The maximum Gasteiger partial charge on any atom is 0.289 e. The van der Waals surface area contributed by atoms with Crippen LogP contribution in [-0.4, -0.2) is 29.8 Å². The Kier molecular flexibility index (Phi) is 5.02. The standard InChI is InChI=1S/C22H22N2O4/c23-21(25)17-6-3-11-24(13-17)22(26)20-10-9-19(28-20)14-27-18-8-7-15-4-1-2-5-16(15)12-18/h1-2,4-5,7-10,12,17H,3,6,11,13-14H2,(H2,23,25). The number of furan rings is 1. The van der Waals surface area contributed by atoms with Crippen molar-refractivity contribution >= 4 is 22.6 Å². The van der Waals surface area contributed by atoms with Gasteiger partial charge in [-0.25, -0.2) is 0 Å². The van der Waals surface area contributed by atoms with E-state index in [4.69, 9.17) is 14.9 Å². The lowest BCUT2D eigenvalue weighted by molar-refractivity contribution is -0.123. The minimum absolute atomic E-state index is 0.220. The molecule has 28 heavy (non-hydrogen) atoms. The molecule has 1 aliphatic heterocycles. The van der Waals surface area contributed by atoms with Gasteiger partial charge in [-0.2, -0.15) is 0 Å². The monoisotopic (exact) mass is 378 g/mol. The fourth-order valence-electron chi connectivity index (χ4n) is 3.53. The summed E-state index contributed by atoms with van der Waals surface area (Å²) >= 11 is 0. The van der Waals surface area contributed by atoms with E-state index in [0.717, 1.165) is 29.4 Å². The summed E-state index contributed by atoms with van der Waals surface area (Å²) in [5, 5.41) is 2.25. The third-order valence-electron chi connectivity index (χ3n) is 5.09. The number of ether oxygens (including phenoxy) is 1. The molecule has 1 atom stereocenters. The molecule has 1 aromatic heterocycles. The normalized spacial score (nSPS) is 16.9. The summed E-state index contributed by atoms with van der Waals surface area (Å²) in [5.74, 6) is 0.693. The fraction of sp³-hybridized carbons (Fsp3) is 0.273. The molecule has 2 amide bonds. The first kappa shape index (κ1) is 18.1. The fourth-order valence-corrected chi connectivity index (χ4v) is 3.53. The Morgan fingerprint density at radius 1 is 1.11 bits per heavy atom. The zero-order valence-corrected chi connectivity index (χ0v) is 15.5. The number of fused-ring (bicyclic) bond motifs is 1. The quantitative estimate of drug-likeness (QED) is 0.738. The number of rotatable bonds is 5. The highest BCUT2D eigenvalue weighted by atomic mass is 16.5. The number of carbonyl (C=O) groups is 2. The topological polar surface area (TPSA) is 85.8 Å². The third-order valence-corrected chi connectivity index (χ3v) is 5.09. The molecule has 0 spiro atoms. The highest BCUT2D eigenvalue weighted by Gasteiger charge is 2.28. The number of hydrogen-bond acceptors (Lipinski definition) is 4. The maximum absolute atomic E-state index is 12.6. The van der Waals surface area contributed by atoms with Gasteiger partial charge < -0.3 is 19.8 Å². The number of amides is 2. The predicted molar refractivity (Wildman–Crippen MR) is 105 cm³/mol. The van der Waals surface area contributed by atoms with Crippen LogP contribution in [0.5, 0.6) is 5.75 Å². The van der Waals surface area contributed by atoms with Crippen molar-refractivity contribution in [2.45, 2.75) is 19.4 Å². The number of piperidine rings is 1. The smallest absolute Gasteiger partial charge is 0.289 e. The Balaban J connectivity index is 1.39. The molecule has 6 nitrogen and oxygen atoms in total. The molecule has 2 aromatic carbocycles. The van der Waals surface area contributed by atoms with Crippen molar-refractivity contribution in [1.29, 1.82) is 0 Å². The van der Waals surface area contributed by atoms with E-state index >= 15 is 0 Å².